The van der Waals surface area contributed by atoms with Crippen LogP contribution < -0.4 is 10.1 Å². The summed E-state index contributed by atoms with van der Waals surface area (Å²) in [7, 11) is 1.62. The first-order valence-electron chi connectivity index (χ1n) is 10.1. The number of rotatable bonds is 7. The van der Waals surface area contributed by atoms with Crippen molar-refractivity contribution in [1.29, 1.82) is 0 Å². The fourth-order valence-electron chi connectivity index (χ4n) is 3.51. The Bertz CT molecular complexity index is 841. The average Bonchev–Trinajstić information content (AvgIpc) is 3.17. The first kappa shape index (κ1) is 21.3. The molecular weight excluding hydrogens is 386 g/mol. The summed E-state index contributed by atoms with van der Waals surface area (Å²) in [5.41, 5.74) is 1.74. The fourth-order valence-corrected chi connectivity index (χ4v) is 4.34. The summed E-state index contributed by atoms with van der Waals surface area (Å²) in [5, 5.41) is 6.13. The molecule has 2 aromatic rings. The third-order valence-corrected chi connectivity index (χ3v) is 6.35. The smallest absolute Gasteiger partial charge is 0.227 e. The second kappa shape index (κ2) is 9.87. The summed E-state index contributed by atoms with van der Waals surface area (Å²) < 4.78 is 5.34. The molecule has 1 aliphatic rings. The van der Waals surface area contributed by atoms with Gasteiger partial charge in [0, 0.05) is 36.0 Å². The Kier molecular flexibility index (Phi) is 7.25. The molecule has 0 spiro atoms. The van der Waals surface area contributed by atoms with Crippen LogP contribution in [-0.2, 0) is 22.4 Å². The molecule has 0 radical (unpaired) electrons. The molecule has 0 bridgehead atoms. The number of nitrogens with zero attached hydrogens (tertiary/aromatic N) is 2. The molecule has 2 amide bonds. The van der Waals surface area contributed by atoms with Gasteiger partial charge in [-0.2, -0.15) is 0 Å². The summed E-state index contributed by atoms with van der Waals surface area (Å²) in [5.74, 6) is 1.23. The van der Waals surface area contributed by atoms with Crippen molar-refractivity contribution < 1.29 is 14.3 Å². The molecule has 0 saturated carbocycles. The van der Waals surface area contributed by atoms with Crippen LogP contribution in [0.5, 0.6) is 5.75 Å². The van der Waals surface area contributed by atoms with Crippen LogP contribution in [0.4, 0.5) is 0 Å². The van der Waals surface area contributed by atoms with E-state index in [-0.39, 0.29) is 17.9 Å². The number of methoxy groups -OCH3 is 1. The lowest BCUT2D eigenvalue weighted by Crippen LogP contribution is -2.47. The van der Waals surface area contributed by atoms with Crippen LogP contribution >= 0.6 is 11.3 Å². The zero-order chi connectivity index (χ0) is 20.8. The Balaban J connectivity index is 1.44. The lowest BCUT2D eigenvalue weighted by atomic mass is 10.0. The number of aromatic nitrogens is 1. The molecule has 0 aliphatic carbocycles. The van der Waals surface area contributed by atoms with Crippen LogP contribution in [0.15, 0.2) is 29.6 Å². The van der Waals surface area contributed by atoms with Crippen LogP contribution in [0, 0.1) is 0 Å². The predicted octanol–water partition coefficient (Wildman–Crippen LogP) is 3.17. The molecule has 1 aromatic carbocycles. The SMILES string of the molecule is COc1ccccc1CC(=O)N1CCC(NC(=O)Cc2csc(C(C)C)n2)CC1. The van der Waals surface area contributed by atoms with Gasteiger partial charge in [-0.05, 0) is 18.9 Å². The summed E-state index contributed by atoms with van der Waals surface area (Å²) in [6.07, 6.45) is 2.20. The first-order valence-corrected chi connectivity index (χ1v) is 11.0. The van der Waals surface area contributed by atoms with E-state index in [0.29, 0.717) is 31.8 Å². The van der Waals surface area contributed by atoms with Gasteiger partial charge in [0.1, 0.15) is 5.75 Å². The van der Waals surface area contributed by atoms with Crippen LogP contribution in [0.3, 0.4) is 0 Å². The highest BCUT2D eigenvalue weighted by Gasteiger charge is 2.24. The van der Waals surface area contributed by atoms with Crippen molar-refractivity contribution in [2.24, 2.45) is 0 Å². The van der Waals surface area contributed by atoms with Gasteiger partial charge in [-0.3, -0.25) is 9.59 Å². The van der Waals surface area contributed by atoms with Gasteiger partial charge in [0.2, 0.25) is 11.8 Å². The second-order valence-corrected chi connectivity index (χ2v) is 8.61. The van der Waals surface area contributed by atoms with Crippen molar-refractivity contribution in [2.45, 2.75) is 51.5 Å². The van der Waals surface area contributed by atoms with Gasteiger partial charge in [0.25, 0.3) is 0 Å². The van der Waals surface area contributed by atoms with Crippen molar-refractivity contribution in [3.8, 4) is 5.75 Å². The van der Waals surface area contributed by atoms with Gasteiger partial charge in [0.05, 0.1) is 30.7 Å². The molecule has 0 atom stereocenters. The molecular formula is C22H29N3O3S. The van der Waals surface area contributed by atoms with Crippen molar-refractivity contribution in [3.05, 3.63) is 45.9 Å². The third-order valence-electron chi connectivity index (χ3n) is 5.15. The number of carbonyl (C=O) groups excluding carboxylic acids is 2. The number of ether oxygens (including phenoxy) is 1. The Morgan fingerprint density at radius 1 is 1.24 bits per heavy atom. The van der Waals surface area contributed by atoms with Gasteiger partial charge in [-0.15, -0.1) is 11.3 Å². The third kappa shape index (κ3) is 5.79. The normalized spacial score (nSPS) is 14.8. The second-order valence-electron chi connectivity index (χ2n) is 7.72. The van der Waals surface area contributed by atoms with Crippen LogP contribution in [-0.4, -0.2) is 47.9 Å². The highest BCUT2D eigenvalue weighted by atomic mass is 32.1. The molecule has 1 aliphatic heterocycles. The number of hydrogen-bond donors (Lipinski definition) is 1. The highest BCUT2D eigenvalue weighted by molar-refractivity contribution is 7.09. The highest BCUT2D eigenvalue weighted by Crippen LogP contribution is 2.21. The minimum Gasteiger partial charge on any atom is -0.496 e. The molecule has 7 heteroatoms. The number of carbonyl (C=O) groups is 2. The Hall–Kier alpha value is -2.41. The number of benzene rings is 1. The van der Waals surface area contributed by atoms with E-state index in [0.717, 1.165) is 34.9 Å². The van der Waals surface area contributed by atoms with E-state index in [2.05, 4.69) is 24.1 Å². The Morgan fingerprint density at radius 3 is 2.62 bits per heavy atom. The van der Waals surface area contributed by atoms with E-state index in [1.165, 1.54) is 0 Å². The molecule has 156 valence electrons. The number of amides is 2. The molecule has 1 aromatic heterocycles. The maximum Gasteiger partial charge on any atom is 0.227 e. The summed E-state index contributed by atoms with van der Waals surface area (Å²) in [4.78, 5) is 31.4. The maximum atomic E-state index is 12.6. The van der Waals surface area contributed by atoms with Crippen molar-refractivity contribution in [1.82, 2.24) is 15.2 Å². The van der Waals surface area contributed by atoms with E-state index >= 15 is 0 Å². The van der Waals surface area contributed by atoms with E-state index < -0.39 is 0 Å². The Morgan fingerprint density at radius 2 is 1.97 bits per heavy atom. The largest absolute Gasteiger partial charge is 0.496 e. The fraction of sp³-hybridized carbons (Fsp3) is 0.500. The van der Waals surface area contributed by atoms with Gasteiger partial charge in [0.15, 0.2) is 0 Å². The lowest BCUT2D eigenvalue weighted by Gasteiger charge is -2.32. The summed E-state index contributed by atoms with van der Waals surface area (Å²) in [6, 6.07) is 7.72. The van der Waals surface area contributed by atoms with Crippen LogP contribution in [0.25, 0.3) is 0 Å². The molecule has 1 saturated heterocycles. The number of likely N-dealkylation sites (tertiary alicyclic amines) is 1. The molecule has 3 rings (SSSR count). The van der Waals surface area contributed by atoms with Crippen LogP contribution in [0.2, 0.25) is 0 Å². The first-order chi connectivity index (χ1) is 14.0. The van der Waals surface area contributed by atoms with Crippen LogP contribution in [0.1, 0.15) is 48.9 Å². The number of hydrogen-bond acceptors (Lipinski definition) is 5. The van der Waals surface area contributed by atoms with E-state index in [1.807, 2.05) is 34.5 Å². The van der Waals surface area contributed by atoms with Gasteiger partial charge in [-0.1, -0.05) is 32.0 Å². The van der Waals surface area contributed by atoms with Gasteiger partial charge in [-0.25, -0.2) is 4.98 Å². The lowest BCUT2D eigenvalue weighted by molar-refractivity contribution is -0.131. The molecule has 6 nitrogen and oxygen atoms in total. The van der Waals surface area contributed by atoms with Gasteiger partial charge < -0.3 is 15.0 Å². The van der Waals surface area contributed by atoms with Crippen molar-refractivity contribution in [2.75, 3.05) is 20.2 Å². The van der Waals surface area contributed by atoms with E-state index in [1.54, 1.807) is 18.4 Å². The standard InChI is InChI=1S/C22H29N3O3S/c1-15(2)22-24-18(14-29-22)13-20(26)23-17-8-10-25(11-9-17)21(27)12-16-6-4-5-7-19(16)28-3/h4-7,14-15,17H,8-13H2,1-3H3,(H,23,26). The number of nitrogens with one attached hydrogen (secondary N) is 1. The monoisotopic (exact) mass is 415 g/mol. The zero-order valence-corrected chi connectivity index (χ0v) is 18.1. The minimum atomic E-state index is 0.00408. The summed E-state index contributed by atoms with van der Waals surface area (Å²) >= 11 is 1.61. The van der Waals surface area contributed by atoms with E-state index in [9.17, 15) is 9.59 Å². The van der Waals surface area contributed by atoms with Crippen molar-refractivity contribution >= 4 is 23.2 Å². The minimum absolute atomic E-state index is 0.00408. The molecule has 0 unspecified atom stereocenters. The Labute approximate surface area is 176 Å². The molecule has 1 N–H and O–H groups in total. The molecule has 2 heterocycles. The maximum absolute atomic E-state index is 12.6. The predicted molar refractivity (Wildman–Crippen MR) is 114 cm³/mol. The van der Waals surface area contributed by atoms with E-state index in [4.69, 9.17) is 4.74 Å². The average molecular weight is 416 g/mol. The number of piperidine rings is 1. The summed E-state index contributed by atoms with van der Waals surface area (Å²) in [6.45, 7) is 5.53. The molecule has 1 fully saturated rings. The quantitative estimate of drug-likeness (QED) is 0.754. The van der Waals surface area contributed by atoms with Crippen molar-refractivity contribution in [3.63, 3.8) is 0 Å². The number of thiazole rings is 1. The number of para-hydroxylation sites is 1. The topological polar surface area (TPSA) is 71.5 Å². The zero-order valence-electron chi connectivity index (χ0n) is 17.3. The molecule has 29 heavy (non-hydrogen) atoms. The van der Waals surface area contributed by atoms with Gasteiger partial charge >= 0.3 is 0 Å².